The van der Waals surface area contributed by atoms with Crippen LogP contribution in [0.15, 0.2) is 24.3 Å². The van der Waals surface area contributed by atoms with Crippen LogP contribution >= 0.6 is 0 Å². The van der Waals surface area contributed by atoms with E-state index in [1.165, 1.54) is 13.3 Å². The van der Waals surface area contributed by atoms with Crippen LogP contribution in [0.4, 0.5) is 0 Å². The normalized spacial score (nSPS) is 22.4. The van der Waals surface area contributed by atoms with E-state index in [-0.39, 0.29) is 11.9 Å². The van der Waals surface area contributed by atoms with Crippen molar-refractivity contribution in [2.75, 3.05) is 13.1 Å². The van der Waals surface area contributed by atoms with Crippen molar-refractivity contribution in [3.63, 3.8) is 0 Å². The van der Waals surface area contributed by atoms with Gasteiger partial charge in [0.2, 0.25) is 0 Å². The first kappa shape index (κ1) is 14.6. The number of ether oxygens (including phenoxy) is 1. The molecule has 1 aromatic rings. The van der Waals surface area contributed by atoms with Gasteiger partial charge in [-0.15, -0.1) is 0 Å². The Morgan fingerprint density at radius 3 is 2.15 bits per heavy atom. The molecule has 1 amide bonds. The van der Waals surface area contributed by atoms with Crippen molar-refractivity contribution >= 4 is 11.9 Å². The molecule has 2 atom stereocenters. The predicted molar refractivity (Wildman–Crippen MR) is 76.6 cm³/mol. The summed E-state index contributed by atoms with van der Waals surface area (Å²) in [5.74, 6) is 1.25. The van der Waals surface area contributed by atoms with Crippen molar-refractivity contribution in [2.24, 2.45) is 11.8 Å². The minimum Gasteiger partial charge on any atom is -0.427 e. The molecule has 1 fully saturated rings. The summed E-state index contributed by atoms with van der Waals surface area (Å²) in [6.07, 6.45) is 1.18. The first-order valence-corrected chi connectivity index (χ1v) is 7.03. The van der Waals surface area contributed by atoms with Crippen LogP contribution in [-0.4, -0.2) is 29.9 Å². The first-order chi connectivity index (χ1) is 9.45. The summed E-state index contributed by atoms with van der Waals surface area (Å²) in [5.41, 5.74) is 0.641. The van der Waals surface area contributed by atoms with Crippen molar-refractivity contribution in [1.29, 1.82) is 0 Å². The third-order valence-electron chi connectivity index (χ3n) is 3.52. The lowest BCUT2D eigenvalue weighted by Gasteiger charge is -2.35. The van der Waals surface area contributed by atoms with E-state index < -0.39 is 0 Å². The standard InChI is InChI=1S/C16H21NO3/c1-11-8-12(2)10-17(9-11)16(19)14-4-6-15(7-5-14)20-13(3)18/h4-7,11-12H,8-10H2,1-3H3. The van der Waals surface area contributed by atoms with E-state index in [1.807, 2.05) is 4.90 Å². The quantitative estimate of drug-likeness (QED) is 0.616. The zero-order valence-electron chi connectivity index (χ0n) is 12.3. The second-order valence-electron chi connectivity index (χ2n) is 5.77. The minimum absolute atomic E-state index is 0.0535. The molecule has 1 aliphatic heterocycles. The summed E-state index contributed by atoms with van der Waals surface area (Å²) in [4.78, 5) is 25.2. The van der Waals surface area contributed by atoms with Crippen molar-refractivity contribution < 1.29 is 14.3 Å². The fourth-order valence-electron chi connectivity index (χ4n) is 2.84. The van der Waals surface area contributed by atoms with E-state index in [9.17, 15) is 9.59 Å². The van der Waals surface area contributed by atoms with Gasteiger partial charge in [0.25, 0.3) is 5.91 Å². The van der Waals surface area contributed by atoms with Gasteiger partial charge >= 0.3 is 5.97 Å². The van der Waals surface area contributed by atoms with Crippen LogP contribution in [0, 0.1) is 11.8 Å². The molecule has 0 N–H and O–H groups in total. The number of rotatable bonds is 2. The highest BCUT2D eigenvalue weighted by Gasteiger charge is 2.26. The van der Waals surface area contributed by atoms with Crippen LogP contribution in [0.5, 0.6) is 5.75 Å². The number of esters is 1. The third-order valence-corrected chi connectivity index (χ3v) is 3.52. The third kappa shape index (κ3) is 3.59. The Morgan fingerprint density at radius 2 is 1.65 bits per heavy atom. The molecule has 1 heterocycles. The van der Waals surface area contributed by atoms with Crippen molar-refractivity contribution in [3.8, 4) is 5.75 Å². The van der Waals surface area contributed by atoms with Crippen LogP contribution in [0.2, 0.25) is 0 Å². The first-order valence-electron chi connectivity index (χ1n) is 7.03. The van der Waals surface area contributed by atoms with Crippen LogP contribution in [0.1, 0.15) is 37.6 Å². The number of amides is 1. The number of hydrogen-bond acceptors (Lipinski definition) is 3. The van der Waals surface area contributed by atoms with Crippen molar-refractivity contribution in [3.05, 3.63) is 29.8 Å². The number of piperidine rings is 1. The number of nitrogens with zero attached hydrogens (tertiary/aromatic N) is 1. The summed E-state index contributed by atoms with van der Waals surface area (Å²) in [7, 11) is 0. The number of hydrogen-bond donors (Lipinski definition) is 0. The molecule has 4 heteroatoms. The number of carbonyl (C=O) groups is 2. The molecule has 0 radical (unpaired) electrons. The SMILES string of the molecule is CC(=O)Oc1ccc(C(=O)N2CC(C)CC(C)C2)cc1. The molecule has 0 bridgehead atoms. The molecular formula is C16H21NO3. The van der Waals surface area contributed by atoms with Crippen molar-refractivity contribution in [2.45, 2.75) is 27.2 Å². The highest BCUT2D eigenvalue weighted by Crippen LogP contribution is 2.23. The Morgan fingerprint density at radius 1 is 1.10 bits per heavy atom. The minimum atomic E-state index is -0.359. The fourth-order valence-corrected chi connectivity index (χ4v) is 2.84. The van der Waals surface area contributed by atoms with Gasteiger partial charge in [0.15, 0.2) is 0 Å². The molecular weight excluding hydrogens is 254 g/mol. The Bertz CT molecular complexity index is 485. The van der Waals surface area contributed by atoms with Gasteiger partial charge in [0, 0.05) is 25.6 Å². The summed E-state index contributed by atoms with van der Waals surface area (Å²) in [5, 5.41) is 0. The monoisotopic (exact) mass is 275 g/mol. The van der Waals surface area contributed by atoms with E-state index in [4.69, 9.17) is 4.74 Å². The van der Waals surface area contributed by atoms with Gasteiger partial charge in [-0.3, -0.25) is 9.59 Å². The lowest BCUT2D eigenvalue weighted by molar-refractivity contribution is -0.131. The van der Waals surface area contributed by atoms with Crippen LogP contribution in [0.25, 0.3) is 0 Å². The highest BCUT2D eigenvalue weighted by atomic mass is 16.5. The molecule has 1 aromatic carbocycles. The molecule has 1 aliphatic rings. The van der Waals surface area contributed by atoms with Gasteiger partial charge in [0.1, 0.15) is 5.75 Å². The van der Waals surface area contributed by atoms with Crippen LogP contribution in [-0.2, 0) is 4.79 Å². The number of likely N-dealkylation sites (tertiary alicyclic amines) is 1. The predicted octanol–water partition coefficient (Wildman–Crippen LogP) is 2.73. The number of carbonyl (C=O) groups excluding carboxylic acids is 2. The molecule has 1 saturated heterocycles. The van der Waals surface area contributed by atoms with E-state index in [0.717, 1.165) is 13.1 Å². The Balaban J connectivity index is 2.07. The average molecular weight is 275 g/mol. The van der Waals surface area contributed by atoms with Gasteiger partial charge in [-0.05, 0) is 42.5 Å². The lowest BCUT2D eigenvalue weighted by Crippen LogP contribution is -2.42. The average Bonchev–Trinajstić information content (AvgIpc) is 2.37. The van der Waals surface area contributed by atoms with E-state index in [0.29, 0.717) is 23.1 Å². The maximum Gasteiger partial charge on any atom is 0.308 e. The Labute approximate surface area is 119 Å². The molecule has 20 heavy (non-hydrogen) atoms. The molecule has 0 saturated carbocycles. The van der Waals surface area contributed by atoms with E-state index >= 15 is 0 Å². The smallest absolute Gasteiger partial charge is 0.308 e. The maximum absolute atomic E-state index is 12.4. The zero-order chi connectivity index (χ0) is 14.7. The second-order valence-corrected chi connectivity index (χ2v) is 5.77. The fraction of sp³-hybridized carbons (Fsp3) is 0.500. The largest absolute Gasteiger partial charge is 0.427 e. The van der Waals surface area contributed by atoms with Gasteiger partial charge < -0.3 is 9.64 Å². The van der Waals surface area contributed by atoms with Crippen molar-refractivity contribution in [1.82, 2.24) is 4.90 Å². The molecule has 0 aromatic heterocycles. The molecule has 0 aliphatic carbocycles. The zero-order valence-corrected chi connectivity index (χ0v) is 12.3. The number of benzene rings is 1. The van der Waals surface area contributed by atoms with Gasteiger partial charge in [-0.1, -0.05) is 13.8 Å². The summed E-state index contributed by atoms with van der Waals surface area (Å²) in [6.45, 7) is 7.35. The molecule has 108 valence electrons. The Kier molecular flexibility index (Phi) is 4.42. The van der Waals surface area contributed by atoms with E-state index in [2.05, 4.69) is 13.8 Å². The van der Waals surface area contributed by atoms with E-state index in [1.54, 1.807) is 24.3 Å². The van der Waals surface area contributed by atoms with Crippen LogP contribution < -0.4 is 4.74 Å². The molecule has 2 rings (SSSR count). The Hall–Kier alpha value is -1.84. The lowest BCUT2D eigenvalue weighted by atomic mass is 9.91. The second kappa shape index (κ2) is 6.07. The maximum atomic E-state index is 12.4. The molecule has 2 unspecified atom stereocenters. The van der Waals surface area contributed by atoms with Gasteiger partial charge in [0.05, 0.1) is 0 Å². The highest BCUT2D eigenvalue weighted by molar-refractivity contribution is 5.94. The topological polar surface area (TPSA) is 46.6 Å². The molecule has 0 spiro atoms. The van der Waals surface area contributed by atoms with Crippen LogP contribution in [0.3, 0.4) is 0 Å². The summed E-state index contributed by atoms with van der Waals surface area (Å²) < 4.78 is 4.96. The van der Waals surface area contributed by atoms with Gasteiger partial charge in [-0.25, -0.2) is 0 Å². The van der Waals surface area contributed by atoms with Gasteiger partial charge in [-0.2, -0.15) is 0 Å². The molecule has 4 nitrogen and oxygen atoms in total. The summed E-state index contributed by atoms with van der Waals surface area (Å²) >= 11 is 0. The summed E-state index contributed by atoms with van der Waals surface area (Å²) in [6, 6.07) is 6.74.